The number of hydrogen-bond acceptors (Lipinski definition) is 5. The zero-order valence-corrected chi connectivity index (χ0v) is 19.6. The molecule has 0 saturated carbocycles. The van der Waals surface area contributed by atoms with Crippen LogP contribution in [0.4, 0.5) is 4.79 Å². The smallest absolute Gasteiger partial charge is 0.410 e. The van der Waals surface area contributed by atoms with Gasteiger partial charge in [-0.15, -0.1) is 0 Å². The highest BCUT2D eigenvalue weighted by Crippen LogP contribution is 2.29. The number of amides is 1. The summed E-state index contributed by atoms with van der Waals surface area (Å²) in [5.74, 6) is 0.813. The van der Waals surface area contributed by atoms with E-state index < -0.39 is 5.60 Å². The van der Waals surface area contributed by atoms with Crippen molar-refractivity contribution in [2.45, 2.75) is 45.9 Å². The first kappa shape index (κ1) is 22.9. The van der Waals surface area contributed by atoms with Gasteiger partial charge in [0, 0.05) is 51.1 Å². The minimum atomic E-state index is -0.493. The van der Waals surface area contributed by atoms with Crippen LogP contribution in [0.5, 0.6) is 5.75 Å². The molecule has 2 heterocycles. The van der Waals surface area contributed by atoms with E-state index in [9.17, 15) is 9.59 Å². The lowest BCUT2D eigenvalue weighted by molar-refractivity contribution is -0.00587. The molecule has 7 nitrogen and oxygen atoms in total. The molecule has 1 aliphatic rings. The van der Waals surface area contributed by atoms with Crippen molar-refractivity contribution in [3.8, 4) is 16.9 Å². The molecule has 1 aliphatic heterocycles. The number of likely N-dealkylation sites (tertiary alicyclic amines) is 1. The van der Waals surface area contributed by atoms with E-state index in [2.05, 4.69) is 17.0 Å². The molecule has 1 amide bonds. The molecule has 1 saturated heterocycles. The van der Waals surface area contributed by atoms with Gasteiger partial charge < -0.3 is 18.9 Å². The number of hydrogen-bond donors (Lipinski definition) is 0. The van der Waals surface area contributed by atoms with Gasteiger partial charge in [-0.3, -0.25) is 9.69 Å². The van der Waals surface area contributed by atoms with Crippen LogP contribution in [0.25, 0.3) is 11.1 Å². The molecular formula is C24H33N3O4. The van der Waals surface area contributed by atoms with E-state index in [0.29, 0.717) is 5.56 Å². The molecule has 1 fully saturated rings. The fourth-order valence-corrected chi connectivity index (χ4v) is 3.73. The zero-order chi connectivity index (χ0) is 22.9. The van der Waals surface area contributed by atoms with Crippen LogP contribution in [0.2, 0.25) is 0 Å². The van der Waals surface area contributed by atoms with Crippen LogP contribution in [-0.2, 0) is 18.3 Å². The van der Waals surface area contributed by atoms with Gasteiger partial charge in [0.05, 0.1) is 13.2 Å². The minimum Gasteiger partial charge on any atom is -0.496 e. The normalized spacial score (nSPS) is 14.8. The third-order valence-electron chi connectivity index (χ3n) is 5.54. The molecule has 0 spiro atoms. The van der Waals surface area contributed by atoms with E-state index in [1.165, 1.54) is 0 Å². The maximum Gasteiger partial charge on any atom is 0.410 e. The summed E-state index contributed by atoms with van der Waals surface area (Å²) in [5.41, 5.74) is 3.30. The van der Waals surface area contributed by atoms with Crippen LogP contribution < -0.4 is 10.3 Å². The molecule has 0 bridgehead atoms. The summed E-state index contributed by atoms with van der Waals surface area (Å²) < 4.78 is 12.7. The van der Waals surface area contributed by atoms with Gasteiger partial charge in [0.15, 0.2) is 0 Å². The second-order valence-electron chi connectivity index (χ2n) is 9.29. The Kier molecular flexibility index (Phi) is 6.46. The van der Waals surface area contributed by atoms with Gasteiger partial charge >= 0.3 is 6.09 Å². The van der Waals surface area contributed by atoms with E-state index in [-0.39, 0.29) is 17.7 Å². The summed E-state index contributed by atoms with van der Waals surface area (Å²) in [6.45, 7) is 9.77. The molecule has 0 unspecified atom stereocenters. The lowest BCUT2D eigenvalue weighted by Crippen LogP contribution is -2.59. The molecule has 2 aromatic rings. The van der Waals surface area contributed by atoms with Crippen molar-refractivity contribution in [2.24, 2.45) is 7.05 Å². The van der Waals surface area contributed by atoms with Gasteiger partial charge in [-0.1, -0.05) is 12.1 Å². The fourth-order valence-electron chi connectivity index (χ4n) is 3.73. The zero-order valence-electron chi connectivity index (χ0n) is 19.6. The molecule has 0 atom stereocenters. The number of nitrogens with zero attached hydrogens (tertiary/aromatic N) is 3. The highest BCUT2D eigenvalue weighted by Gasteiger charge is 2.34. The van der Waals surface area contributed by atoms with Gasteiger partial charge in [0.2, 0.25) is 0 Å². The first-order valence-electron chi connectivity index (χ1n) is 10.5. The van der Waals surface area contributed by atoms with Crippen LogP contribution in [0.3, 0.4) is 0 Å². The number of methoxy groups -OCH3 is 1. The summed E-state index contributed by atoms with van der Waals surface area (Å²) in [4.78, 5) is 28.2. The summed E-state index contributed by atoms with van der Waals surface area (Å²) >= 11 is 0. The quantitative estimate of drug-likeness (QED) is 0.732. The Morgan fingerprint density at radius 3 is 2.45 bits per heavy atom. The predicted octanol–water partition coefficient (Wildman–Crippen LogP) is 3.42. The van der Waals surface area contributed by atoms with Gasteiger partial charge in [-0.05, 0) is 51.0 Å². The van der Waals surface area contributed by atoms with Gasteiger partial charge in [-0.25, -0.2) is 4.79 Å². The topological polar surface area (TPSA) is 64.0 Å². The van der Waals surface area contributed by atoms with Crippen molar-refractivity contribution in [1.82, 2.24) is 14.4 Å². The van der Waals surface area contributed by atoms with E-state index in [1.54, 1.807) is 30.7 Å². The standard InChI is InChI=1S/C24H33N3O4/c1-16-10-19(12-25(5)22(16)28)17-8-9-18(21(11-17)30-7)13-27-14-20(15-27)26(6)23(29)31-24(2,3)4/h8-12,20H,13-15H2,1-7H3. The Labute approximate surface area is 184 Å². The monoisotopic (exact) mass is 427 g/mol. The number of rotatable bonds is 5. The summed E-state index contributed by atoms with van der Waals surface area (Å²) in [7, 11) is 5.23. The maximum absolute atomic E-state index is 12.2. The number of likely N-dealkylation sites (N-methyl/N-ethyl adjacent to an activating group) is 1. The van der Waals surface area contributed by atoms with Crippen LogP contribution in [0, 0.1) is 6.92 Å². The van der Waals surface area contributed by atoms with Gasteiger partial charge in [-0.2, -0.15) is 0 Å². The molecule has 1 aromatic heterocycles. The molecule has 3 rings (SSSR count). The number of benzene rings is 1. The van der Waals surface area contributed by atoms with Crippen LogP contribution in [0.1, 0.15) is 31.9 Å². The first-order chi connectivity index (χ1) is 14.5. The number of aromatic nitrogens is 1. The highest BCUT2D eigenvalue weighted by molar-refractivity contribution is 5.68. The van der Waals surface area contributed by atoms with Crippen LogP contribution in [-0.4, -0.2) is 59.4 Å². The van der Waals surface area contributed by atoms with E-state index >= 15 is 0 Å². The lowest BCUT2D eigenvalue weighted by Gasteiger charge is -2.44. The molecule has 0 radical (unpaired) electrons. The van der Waals surface area contributed by atoms with E-state index in [1.807, 2.05) is 46.0 Å². The number of carbonyl (C=O) groups is 1. The second kappa shape index (κ2) is 8.75. The van der Waals surface area contributed by atoms with Crippen molar-refractivity contribution in [3.63, 3.8) is 0 Å². The Bertz CT molecular complexity index is 990. The second-order valence-corrected chi connectivity index (χ2v) is 9.29. The maximum atomic E-state index is 12.2. The van der Waals surface area contributed by atoms with Gasteiger partial charge in [0.25, 0.3) is 5.56 Å². The predicted molar refractivity (Wildman–Crippen MR) is 121 cm³/mol. The van der Waals surface area contributed by atoms with E-state index in [4.69, 9.17) is 9.47 Å². The van der Waals surface area contributed by atoms with Crippen LogP contribution in [0.15, 0.2) is 35.3 Å². The van der Waals surface area contributed by atoms with Gasteiger partial charge in [0.1, 0.15) is 11.4 Å². The SMILES string of the molecule is COc1cc(-c2cc(C)c(=O)n(C)c2)ccc1CN1CC(N(C)C(=O)OC(C)(C)C)C1. The molecule has 0 aliphatic carbocycles. The van der Waals surface area contributed by atoms with Crippen molar-refractivity contribution < 1.29 is 14.3 Å². The molecule has 168 valence electrons. The third kappa shape index (κ3) is 5.28. The summed E-state index contributed by atoms with van der Waals surface area (Å²) in [6, 6.07) is 8.19. The first-order valence-corrected chi connectivity index (χ1v) is 10.5. The number of carbonyl (C=O) groups excluding carboxylic acids is 1. The Morgan fingerprint density at radius 1 is 1.19 bits per heavy atom. The number of ether oxygens (including phenoxy) is 2. The molecule has 0 N–H and O–H groups in total. The molecule has 7 heteroatoms. The van der Waals surface area contributed by atoms with Crippen molar-refractivity contribution in [1.29, 1.82) is 0 Å². The number of aryl methyl sites for hydroxylation is 2. The Morgan fingerprint density at radius 2 is 1.87 bits per heavy atom. The molecule has 31 heavy (non-hydrogen) atoms. The lowest BCUT2D eigenvalue weighted by atomic mass is 10.0. The molecule has 1 aromatic carbocycles. The highest BCUT2D eigenvalue weighted by atomic mass is 16.6. The average molecular weight is 428 g/mol. The largest absolute Gasteiger partial charge is 0.496 e. The van der Waals surface area contributed by atoms with Crippen molar-refractivity contribution in [2.75, 3.05) is 27.2 Å². The summed E-state index contributed by atoms with van der Waals surface area (Å²) in [5, 5.41) is 0. The number of pyridine rings is 1. The average Bonchev–Trinajstić information content (AvgIpc) is 2.66. The van der Waals surface area contributed by atoms with E-state index in [0.717, 1.165) is 42.1 Å². The molecular weight excluding hydrogens is 394 g/mol. The minimum absolute atomic E-state index is 0.0102. The third-order valence-corrected chi connectivity index (χ3v) is 5.54. The van der Waals surface area contributed by atoms with Crippen LogP contribution >= 0.6 is 0 Å². The fraction of sp³-hybridized carbons (Fsp3) is 0.500. The van der Waals surface area contributed by atoms with Crippen molar-refractivity contribution >= 4 is 6.09 Å². The summed E-state index contributed by atoms with van der Waals surface area (Å²) in [6.07, 6.45) is 1.56. The van der Waals surface area contributed by atoms with Crippen molar-refractivity contribution in [3.05, 3.63) is 51.9 Å². The Balaban J connectivity index is 1.66. The Hall–Kier alpha value is -2.80.